The zero-order valence-corrected chi connectivity index (χ0v) is 10.3. The Balaban J connectivity index is 1.99. The van der Waals surface area contributed by atoms with Crippen molar-refractivity contribution >= 4 is 6.29 Å². The SMILES string of the molecule is COC1=CC=C(C=O)CC1OCc1ccccc1. The summed E-state index contributed by atoms with van der Waals surface area (Å²) in [6, 6.07) is 9.94. The van der Waals surface area contributed by atoms with Gasteiger partial charge in [0.05, 0.1) is 13.7 Å². The first-order valence-electron chi connectivity index (χ1n) is 5.89. The Kier molecular flexibility index (Phi) is 4.31. The zero-order valence-electron chi connectivity index (χ0n) is 10.3. The van der Waals surface area contributed by atoms with Gasteiger partial charge in [-0.3, -0.25) is 4.79 Å². The lowest BCUT2D eigenvalue weighted by Crippen LogP contribution is -2.20. The van der Waals surface area contributed by atoms with E-state index < -0.39 is 0 Å². The minimum atomic E-state index is -0.180. The molecular weight excluding hydrogens is 228 g/mol. The fourth-order valence-electron chi connectivity index (χ4n) is 1.88. The molecule has 0 N–H and O–H groups in total. The molecule has 0 bridgehead atoms. The van der Waals surface area contributed by atoms with E-state index >= 15 is 0 Å². The van der Waals surface area contributed by atoms with Crippen molar-refractivity contribution in [2.45, 2.75) is 19.1 Å². The quantitative estimate of drug-likeness (QED) is 0.747. The Morgan fingerprint density at radius 2 is 2.06 bits per heavy atom. The Hall–Kier alpha value is -1.87. The molecule has 1 atom stereocenters. The number of ether oxygens (including phenoxy) is 2. The standard InChI is InChI=1S/C15H16O3/c1-17-14-8-7-13(10-16)9-15(14)18-11-12-5-3-2-4-6-12/h2-8,10,15H,9,11H2,1H3. The highest BCUT2D eigenvalue weighted by Gasteiger charge is 2.20. The van der Waals surface area contributed by atoms with Crippen molar-refractivity contribution in [1.29, 1.82) is 0 Å². The van der Waals surface area contributed by atoms with Crippen LogP contribution >= 0.6 is 0 Å². The van der Waals surface area contributed by atoms with Gasteiger partial charge in [-0.15, -0.1) is 0 Å². The molecule has 1 aliphatic rings. The van der Waals surface area contributed by atoms with Gasteiger partial charge in [0.1, 0.15) is 18.1 Å². The maximum Gasteiger partial charge on any atom is 0.146 e. The predicted octanol–water partition coefficient (Wildman–Crippen LogP) is 2.63. The highest BCUT2D eigenvalue weighted by Crippen LogP contribution is 2.22. The van der Waals surface area contributed by atoms with E-state index in [2.05, 4.69) is 0 Å². The summed E-state index contributed by atoms with van der Waals surface area (Å²) in [5.41, 5.74) is 1.84. The van der Waals surface area contributed by atoms with Gasteiger partial charge in [-0.25, -0.2) is 0 Å². The van der Waals surface area contributed by atoms with E-state index in [0.717, 1.165) is 23.2 Å². The van der Waals surface area contributed by atoms with E-state index in [0.29, 0.717) is 13.0 Å². The van der Waals surface area contributed by atoms with E-state index in [1.165, 1.54) is 0 Å². The van der Waals surface area contributed by atoms with Crippen LogP contribution in [0.25, 0.3) is 0 Å². The summed E-state index contributed by atoms with van der Waals surface area (Å²) in [4.78, 5) is 10.8. The molecule has 0 amide bonds. The van der Waals surface area contributed by atoms with Crippen LogP contribution in [0.2, 0.25) is 0 Å². The van der Waals surface area contributed by atoms with Crippen LogP contribution in [0.3, 0.4) is 0 Å². The first kappa shape index (κ1) is 12.6. The molecule has 94 valence electrons. The van der Waals surface area contributed by atoms with Crippen molar-refractivity contribution in [3.8, 4) is 0 Å². The first-order valence-corrected chi connectivity index (χ1v) is 5.89. The Bertz CT molecular complexity index is 460. The summed E-state index contributed by atoms with van der Waals surface area (Å²) in [5, 5.41) is 0. The molecule has 18 heavy (non-hydrogen) atoms. The molecule has 1 aliphatic carbocycles. The van der Waals surface area contributed by atoms with Crippen molar-refractivity contribution in [1.82, 2.24) is 0 Å². The van der Waals surface area contributed by atoms with Gasteiger partial charge < -0.3 is 9.47 Å². The van der Waals surface area contributed by atoms with E-state index in [4.69, 9.17) is 9.47 Å². The van der Waals surface area contributed by atoms with E-state index in [-0.39, 0.29) is 6.10 Å². The topological polar surface area (TPSA) is 35.5 Å². The summed E-state index contributed by atoms with van der Waals surface area (Å²) < 4.78 is 11.1. The fourth-order valence-corrected chi connectivity index (χ4v) is 1.88. The van der Waals surface area contributed by atoms with Gasteiger partial charge in [-0.2, -0.15) is 0 Å². The lowest BCUT2D eigenvalue weighted by atomic mass is 10.0. The van der Waals surface area contributed by atoms with Crippen LogP contribution in [0.15, 0.2) is 53.8 Å². The Morgan fingerprint density at radius 1 is 1.28 bits per heavy atom. The molecule has 0 spiro atoms. The minimum absolute atomic E-state index is 0.180. The van der Waals surface area contributed by atoms with Crippen molar-refractivity contribution < 1.29 is 14.3 Å². The zero-order chi connectivity index (χ0) is 12.8. The molecule has 0 aliphatic heterocycles. The molecule has 0 saturated heterocycles. The molecule has 0 heterocycles. The van der Waals surface area contributed by atoms with Gasteiger partial charge >= 0.3 is 0 Å². The molecule has 0 aromatic heterocycles. The van der Waals surface area contributed by atoms with E-state index in [1.54, 1.807) is 19.3 Å². The number of methoxy groups -OCH3 is 1. The molecule has 0 radical (unpaired) electrons. The third kappa shape index (κ3) is 3.08. The van der Waals surface area contributed by atoms with Crippen LogP contribution in [0.4, 0.5) is 0 Å². The fraction of sp³-hybridized carbons (Fsp3) is 0.267. The molecule has 1 unspecified atom stereocenters. The monoisotopic (exact) mass is 244 g/mol. The van der Waals surface area contributed by atoms with Crippen molar-refractivity contribution in [2.24, 2.45) is 0 Å². The van der Waals surface area contributed by atoms with Crippen molar-refractivity contribution in [3.63, 3.8) is 0 Å². The van der Waals surface area contributed by atoms with Gasteiger partial charge in [-0.05, 0) is 17.2 Å². The number of hydrogen-bond donors (Lipinski definition) is 0. The summed E-state index contributed by atoms with van der Waals surface area (Å²) in [6.45, 7) is 0.512. The average molecular weight is 244 g/mol. The maximum atomic E-state index is 10.8. The molecule has 1 aromatic carbocycles. The van der Waals surface area contributed by atoms with Gasteiger partial charge in [0.25, 0.3) is 0 Å². The number of allylic oxidation sites excluding steroid dienone is 2. The third-order valence-electron chi connectivity index (χ3n) is 2.88. The third-order valence-corrected chi connectivity index (χ3v) is 2.88. The number of benzene rings is 1. The average Bonchev–Trinajstić information content (AvgIpc) is 2.45. The predicted molar refractivity (Wildman–Crippen MR) is 68.9 cm³/mol. The number of aldehydes is 1. The van der Waals surface area contributed by atoms with Crippen molar-refractivity contribution in [3.05, 3.63) is 59.4 Å². The lowest BCUT2D eigenvalue weighted by Gasteiger charge is -2.22. The summed E-state index contributed by atoms with van der Waals surface area (Å²) in [6.07, 6.45) is 4.81. The van der Waals surface area contributed by atoms with Gasteiger partial charge in [0.15, 0.2) is 0 Å². The largest absolute Gasteiger partial charge is 0.498 e. The summed E-state index contributed by atoms with van der Waals surface area (Å²) >= 11 is 0. The first-order chi connectivity index (χ1) is 8.83. The summed E-state index contributed by atoms with van der Waals surface area (Å²) in [7, 11) is 1.62. The summed E-state index contributed by atoms with van der Waals surface area (Å²) in [5.74, 6) is 0.761. The Morgan fingerprint density at radius 3 is 2.72 bits per heavy atom. The van der Waals surface area contributed by atoms with E-state index in [9.17, 15) is 4.79 Å². The second-order valence-corrected chi connectivity index (χ2v) is 4.12. The number of rotatable bonds is 5. The molecule has 2 rings (SSSR count). The Labute approximate surface area is 107 Å². The van der Waals surface area contributed by atoms with Crippen molar-refractivity contribution in [2.75, 3.05) is 7.11 Å². The highest BCUT2D eigenvalue weighted by atomic mass is 16.5. The molecular formula is C15H16O3. The van der Waals surface area contributed by atoms with Crippen LogP contribution in [0.5, 0.6) is 0 Å². The number of carbonyl (C=O) groups excluding carboxylic acids is 1. The van der Waals surface area contributed by atoms with Gasteiger partial charge in [0.2, 0.25) is 0 Å². The smallest absolute Gasteiger partial charge is 0.146 e. The lowest BCUT2D eigenvalue weighted by molar-refractivity contribution is -0.105. The molecule has 1 aromatic rings. The minimum Gasteiger partial charge on any atom is -0.498 e. The number of carbonyl (C=O) groups is 1. The maximum absolute atomic E-state index is 10.8. The molecule has 3 nitrogen and oxygen atoms in total. The second-order valence-electron chi connectivity index (χ2n) is 4.12. The van der Waals surface area contributed by atoms with Crippen LogP contribution in [-0.2, 0) is 20.9 Å². The van der Waals surface area contributed by atoms with Crippen LogP contribution < -0.4 is 0 Å². The van der Waals surface area contributed by atoms with Crippen LogP contribution in [0, 0.1) is 0 Å². The second kappa shape index (κ2) is 6.17. The molecule has 3 heteroatoms. The van der Waals surface area contributed by atoms with Crippen LogP contribution in [0.1, 0.15) is 12.0 Å². The molecule has 0 fully saturated rings. The van der Waals surface area contributed by atoms with Gasteiger partial charge in [0, 0.05) is 6.42 Å². The molecule has 0 saturated carbocycles. The highest BCUT2D eigenvalue weighted by molar-refractivity contribution is 5.74. The number of hydrogen-bond acceptors (Lipinski definition) is 3. The normalized spacial score (nSPS) is 18.8. The van der Waals surface area contributed by atoms with Crippen LogP contribution in [-0.4, -0.2) is 19.5 Å². The van der Waals surface area contributed by atoms with E-state index in [1.807, 2.05) is 30.3 Å². The van der Waals surface area contributed by atoms with Gasteiger partial charge in [-0.1, -0.05) is 36.4 Å².